The molecule has 0 aromatic rings. The Hall–Kier alpha value is 1.66. The van der Waals surface area contributed by atoms with Gasteiger partial charge in [0, 0.05) is 0 Å². The second-order valence-electron chi connectivity index (χ2n) is 1.99. The van der Waals surface area contributed by atoms with Gasteiger partial charge >= 0.3 is 0 Å². The average Bonchev–Trinajstić information content (AvgIpc) is 1.85. The van der Waals surface area contributed by atoms with Crippen molar-refractivity contribution in [1.29, 1.82) is 0 Å². The molecule has 1 atom stereocenters. The maximum absolute atomic E-state index is 8.49. The highest BCUT2D eigenvalue weighted by molar-refractivity contribution is 6.68. The van der Waals surface area contributed by atoms with Crippen LogP contribution in [0.3, 0.4) is 0 Å². The number of halogens is 6. The normalized spacial score (nSPS) is 14.5. The number of aliphatic hydroxyl groups is 2. The van der Waals surface area contributed by atoms with E-state index >= 15 is 0 Å². The molecule has 1 unspecified atom stereocenters. The van der Waals surface area contributed by atoms with Crippen LogP contribution in [0.25, 0.3) is 0 Å². The van der Waals surface area contributed by atoms with E-state index in [1.165, 1.54) is 6.92 Å². The van der Waals surface area contributed by atoms with Gasteiger partial charge in [-0.05, 0) is 6.92 Å². The molecule has 0 fully saturated rings. The monoisotopic (exact) mass is 310 g/mol. The molecule has 0 heterocycles. The summed E-state index contributed by atoms with van der Waals surface area (Å²) in [6.45, 7) is 0.977. The van der Waals surface area contributed by atoms with Crippen molar-refractivity contribution < 1.29 is 10.2 Å². The number of alkyl halides is 6. The molecule has 8 heteroatoms. The van der Waals surface area contributed by atoms with E-state index in [0.29, 0.717) is 0 Å². The first kappa shape index (κ1) is 17.1. The van der Waals surface area contributed by atoms with Crippen LogP contribution in [-0.4, -0.2) is 30.5 Å². The van der Waals surface area contributed by atoms with E-state index in [-0.39, 0.29) is 0 Å². The van der Waals surface area contributed by atoms with Crippen LogP contribution in [0.2, 0.25) is 0 Å². The van der Waals surface area contributed by atoms with Gasteiger partial charge in [0.25, 0.3) is 0 Å². The second-order valence-corrected chi connectivity index (χ2v) is 6.88. The van der Waals surface area contributed by atoms with Crippen molar-refractivity contribution in [2.45, 2.75) is 20.6 Å². The molecule has 0 spiro atoms. The molecule has 2 nitrogen and oxygen atoms in total. The number of rotatable bonds is 0. The Bertz CT molecular complexity index is 126. The Morgan fingerprint density at radius 2 is 1.23 bits per heavy atom. The maximum Gasteiger partial charge on any atom is 0.215 e. The van der Waals surface area contributed by atoms with Crippen LogP contribution in [0, 0.1) is 0 Å². The molecule has 0 saturated carbocycles. The Morgan fingerprint density at radius 1 is 1.08 bits per heavy atom. The summed E-state index contributed by atoms with van der Waals surface area (Å²) in [5.41, 5.74) is 0. The number of aliphatic hydroxyl groups excluding tert-OH is 2. The van der Waals surface area contributed by atoms with E-state index in [0.717, 1.165) is 0 Å². The molecule has 0 aromatic carbocycles. The van der Waals surface area contributed by atoms with Gasteiger partial charge in [0.15, 0.2) is 0 Å². The fraction of sp³-hybridized carbons (Fsp3) is 1.00. The van der Waals surface area contributed by atoms with Crippen LogP contribution in [0.4, 0.5) is 0 Å². The second kappa shape index (κ2) is 7.02. The van der Waals surface area contributed by atoms with Crippen molar-refractivity contribution in [1.82, 2.24) is 0 Å². The summed E-state index contributed by atoms with van der Waals surface area (Å²) in [7, 11) is 0. The van der Waals surface area contributed by atoms with Crippen molar-refractivity contribution >= 4 is 69.6 Å². The minimum Gasteiger partial charge on any atom is -0.392 e. The van der Waals surface area contributed by atoms with Crippen molar-refractivity contribution in [3.8, 4) is 0 Å². The fourth-order valence-electron chi connectivity index (χ4n) is 0. The van der Waals surface area contributed by atoms with E-state index < -0.39 is 20.3 Å². The van der Waals surface area contributed by atoms with E-state index in [9.17, 15) is 0 Å². The lowest BCUT2D eigenvalue weighted by molar-refractivity contribution is 0.199. The van der Waals surface area contributed by atoms with Crippen LogP contribution >= 0.6 is 69.6 Å². The third-order valence-electron chi connectivity index (χ3n) is 0.653. The largest absolute Gasteiger partial charge is 0.392 e. The van der Waals surface area contributed by atoms with Crippen molar-refractivity contribution in [2.24, 2.45) is 0 Å². The molecular weight excluding hydrogens is 305 g/mol. The third kappa shape index (κ3) is 16.3. The summed E-state index contributed by atoms with van der Waals surface area (Å²) in [5.74, 6) is 0. The van der Waals surface area contributed by atoms with Gasteiger partial charge in [0.2, 0.25) is 7.59 Å². The highest BCUT2D eigenvalue weighted by Crippen LogP contribution is 2.29. The maximum atomic E-state index is 8.49. The molecule has 0 radical (unpaired) electrons. The predicted octanol–water partition coefficient (Wildman–Crippen LogP) is 3.09. The van der Waals surface area contributed by atoms with Crippen LogP contribution in [0.5, 0.6) is 0 Å². The zero-order valence-corrected chi connectivity index (χ0v) is 11.0. The van der Waals surface area contributed by atoms with Gasteiger partial charge in [0.1, 0.15) is 0 Å². The van der Waals surface area contributed by atoms with Crippen LogP contribution < -0.4 is 0 Å². The molecule has 2 N–H and O–H groups in total. The highest BCUT2D eigenvalue weighted by Gasteiger charge is 2.25. The van der Waals surface area contributed by atoms with Crippen molar-refractivity contribution in [2.75, 3.05) is 6.61 Å². The first-order chi connectivity index (χ1) is 5.50. The molecule has 0 rings (SSSR count). The van der Waals surface area contributed by atoms with E-state index in [1.54, 1.807) is 0 Å². The first-order valence-corrected chi connectivity index (χ1v) is 5.20. The quantitative estimate of drug-likeness (QED) is 0.675. The van der Waals surface area contributed by atoms with Gasteiger partial charge in [-0.15, -0.1) is 0 Å². The summed E-state index contributed by atoms with van der Waals surface area (Å²) in [6, 6.07) is 0. The molecule has 0 aliphatic carbocycles. The minimum absolute atomic E-state index is 0.433. The lowest BCUT2D eigenvalue weighted by Crippen LogP contribution is -2.20. The van der Waals surface area contributed by atoms with Gasteiger partial charge in [-0.25, -0.2) is 0 Å². The van der Waals surface area contributed by atoms with Gasteiger partial charge in [-0.3, -0.25) is 0 Å². The fourth-order valence-corrected chi connectivity index (χ4v) is 0. The smallest absolute Gasteiger partial charge is 0.215 e. The Morgan fingerprint density at radius 3 is 1.23 bits per heavy atom. The minimum atomic E-state index is -1.53. The van der Waals surface area contributed by atoms with Crippen LogP contribution in [-0.2, 0) is 0 Å². The van der Waals surface area contributed by atoms with Gasteiger partial charge in [-0.1, -0.05) is 69.6 Å². The Labute approximate surface area is 107 Å². The van der Waals surface area contributed by atoms with Gasteiger partial charge < -0.3 is 10.2 Å². The molecule has 0 aliphatic heterocycles. The summed E-state index contributed by atoms with van der Waals surface area (Å²) in [5, 5.41) is 16.5. The summed E-state index contributed by atoms with van der Waals surface area (Å²) >= 11 is 30.4. The van der Waals surface area contributed by atoms with Crippen molar-refractivity contribution in [3.05, 3.63) is 0 Å². The van der Waals surface area contributed by atoms with E-state index in [4.69, 9.17) is 79.8 Å². The molecule has 0 bridgehead atoms. The predicted molar refractivity (Wildman–Crippen MR) is 59.3 cm³/mol. The standard InChI is InChI=1S/C3H5Cl3O.C2H3Cl3O/c1-2(7)3(4,5)6;3-2(4,5)1-6/h2,7H,1H3;6H,1H2. The van der Waals surface area contributed by atoms with Crippen LogP contribution in [0.1, 0.15) is 6.92 Å². The van der Waals surface area contributed by atoms with E-state index in [1.807, 2.05) is 0 Å². The SMILES string of the molecule is CC(O)C(Cl)(Cl)Cl.OCC(Cl)(Cl)Cl. The molecule has 82 valence electrons. The van der Waals surface area contributed by atoms with E-state index in [2.05, 4.69) is 0 Å². The summed E-state index contributed by atoms with van der Waals surface area (Å²) in [4.78, 5) is 0. The summed E-state index contributed by atoms with van der Waals surface area (Å²) < 4.78 is -3.01. The van der Waals surface area contributed by atoms with Crippen LogP contribution in [0.15, 0.2) is 0 Å². The zero-order valence-electron chi connectivity index (χ0n) is 6.45. The molecule has 0 saturated heterocycles. The van der Waals surface area contributed by atoms with Gasteiger partial charge in [-0.2, -0.15) is 0 Å². The molecule has 13 heavy (non-hydrogen) atoms. The number of hydrogen-bond donors (Lipinski definition) is 2. The first-order valence-electron chi connectivity index (χ1n) is 2.93. The molecule has 0 amide bonds. The molecule has 0 aromatic heterocycles. The summed E-state index contributed by atoms with van der Waals surface area (Å²) in [6.07, 6.45) is -0.905. The number of hydrogen-bond acceptors (Lipinski definition) is 2. The Kier molecular flexibility index (Phi) is 9.22. The Balaban J connectivity index is 0. The zero-order chi connectivity index (χ0) is 11.3. The molecule has 0 aliphatic rings. The molecular formula is C5H8Cl6O2. The lowest BCUT2D eigenvalue weighted by atomic mass is 10.5. The highest BCUT2D eigenvalue weighted by atomic mass is 35.6. The topological polar surface area (TPSA) is 40.5 Å². The average molecular weight is 313 g/mol. The lowest BCUT2D eigenvalue weighted by Gasteiger charge is -2.12. The van der Waals surface area contributed by atoms with Gasteiger partial charge in [0.05, 0.1) is 12.7 Å². The van der Waals surface area contributed by atoms with Crippen molar-refractivity contribution in [3.63, 3.8) is 0 Å². The third-order valence-corrected chi connectivity index (χ3v) is 1.96.